The van der Waals surface area contributed by atoms with Gasteiger partial charge in [0.1, 0.15) is 0 Å². The van der Waals surface area contributed by atoms with Crippen molar-refractivity contribution in [1.82, 2.24) is 4.90 Å². The van der Waals surface area contributed by atoms with Gasteiger partial charge in [-0.15, -0.1) is 0 Å². The van der Waals surface area contributed by atoms with Gasteiger partial charge in [0.15, 0.2) is 5.17 Å². The molecule has 1 aliphatic heterocycles. The average molecular weight is 337 g/mol. The first-order valence-corrected chi connectivity index (χ1v) is 8.57. The summed E-state index contributed by atoms with van der Waals surface area (Å²) in [7, 11) is 1.92. The molecule has 0 saturated carbocycles. The van der Waals surface area contributed by atoms with Crippen LogP contribution in [-0.4, -0.2) is 28.3 Å². The number of anilines is 1. The van der Waals surface area contributed by atoms with Crippen molar-refractivity contribution < 1.29 is 4.79 Å². The second-order valence-corrected chi connectivity index (χ2v) is 6.84. The Morgan fingerprint density at radius 1 is 1.17 bits per heavy atom. The molecule has 0 unspecified atom stereocenters. The number of fused-ring (bicyclic) bond motifs is 1. The molecule has 0 bridgehead atoms. The molecule has 0 saturated heterocycles. The number of nitrogens with zero attached hydrogens (tertiary/aromatic N) is 2. The Kier molecular flexibility index (Phi) is 4.71. The summed E-state index contributed by atoms with van der Waals surface area (Å²) in [4.78, 5) is 19.0. The standard InChI is InChI=1S/C19H19N3OS/c1-13-16-11-7-8-12-17(16)21-19(22(13)3)24-14(2)18(23)20-15-9-5-4-6-10-15/h4-12,14H,1H2,2-3H3,(H,20,23)/t14-/m1/s1. The number of rotatable bonds is 3. The van der Waals surface area contributed by atoms with E-state index in [-0.39, 0.29) is 11.2 Å². The van der Waals surface area contributed by atoms with Crippen molar-refractivity contribution in [3.8, 4) is 0 Å². The summed E-state index contributed by atoms with van der Waals surface area (Å²) in [5, 5.41) is 3.42. The first kappa shape index (κ1) is 16.3. The van der Waals surface area contributed by atoms with Crippen molar-refractivity contribution >= 4 is 39.9 Å². The number of benzene rings is 2. The quantitative estimate of drug-likeness (QED) is 0.905. The van der Waals surface area contributed by atoms with E-state index < -0.39 is 0 Å². The lowest BCUT2D eigenvalue weighted by atomic mass is 10.1. The monoisotopic (exact) mass is 337 g/mol. The van der Waals surface area contributed by atoms with Crippen LogP contribution in [0, 0.1) is 0 Å². The molecular formula is C19H19N3OS. The van der Waals surface area contributed by atoms with Gasteiger partial charge in [-0.3, -0.25) is 4.79 Å². The van der Waals surface area contributed by atoms with Gasteiger partial charge in [-0.25, -0.2) is 4.99 Å². The van der Waals surface area contributed by atoms with Gasteiger partial charge in [0, 0.05) is 24.0 Å². The molecule has 1 N–H and O–H groups in total. The molecule has 3 rings (SSSR count). The highest BCUT2D eigenvalue weighted by atomic mass is 32.2. The molecule has 24 heavy (non-hydrogen) atoms. The maximum absolute atomic E-state index is 12.4. The van der Waals surface area contributed by atoms with Crippen LogP contribution >= 0.6 is 11.8 Å². The van der Waals surface area contributed by atoms with E-state index in [9.17, 15) is 4.79 Å². The largest absolute Gasteiger partial charge is 0.325 e. The minimum absolute atomic E-state index is 0.0493. The van der Waals surface area contributed by atoms with Gasteiger partial charge in [0.05, 0.1) is 10.9 Å². The van der Waals surface area contributed by atoms with Gasteiger partial charge in [0.2, 0.25) is 5.91 Å². The summed E-state index contributed by atoms with van der Waals surface area (Å²) in [5.74, 6) is -0.0493. The smallest absolute Gasteiger partial charge is 0.237 e. The van der Waals surface area contributed by atoms with Crippen LogP contribution in [0.2, 0.25) is 0 Å². The third-order valence-corrected chi connectivity index (χ3v) is 4.96. The second kappa shape index (κ2) is 6.93. The molecule has 1 atom stereocenters. The van der Waals surface area contributed by atoms with E-state index in [1.807, 2.05) is 73.5 Å². The topological polar surface area (TPSA) is 44.7 Å². The Balaban J connectivity index is 1.74. The van der Waals surface area contributed by atoms with E-state index in [0.29, 0.717) is 0 Å². The zero-order valence-electron chi connectivity index (χ0n) is 13.7. The number of amides is 1. The highest BCUT2D eigenvalue weighted by molar-refractivity contribution is 8.14. The number of carbonyl (C=O) groups is 1. The van der Waals surface area contributed by atoms with Crippen LogP contribution in [0.25, 0.3) is 5.70 Å². The maximum atomic E-state index is 12.4. The van der Waals surface area contributed by atoms with Crippen LogP contribution in [0.3, 0.4) is 0 Å². The van der Waals surface area contributed by atoms with E-state index >= 15 is 0 Å². The molecule has 1 amide bonds. The molecule has 0 fully saturated rings. The molecule has 1 aliphatic rings. The normalized spacial score (nSPS) is 14.7. The third-order valence-electron chi connectivity index (χ3n) is 3.82. The molecule has 1 heterocycles. The van der Waals surface area contributed by atoms with E-state index in [2.05, 4.69) is 16.9 Å². The average Bonchev–Trinajstić information content (AvgIpc) is 2.60. The van der Waals surface area contributed by atoms with Gasteiger partial charge >= 0.3 is 0 Å². The van der Waals surface area contributed by atoms with Crippen LogP contribution in [0.15, 0.2) is 66.2 Å². The van der Waals surface area contributed by atoms with Gasteiger partial charge < -0.3 is 10.2 Å². The zero-order chi connectivity index (χ0) is 17.1. The first-order chi connectivity index (χ1) is 11.6. The Labute approximate surface area is 146 Å². The van der Waals surface area contributed by atoms with Crippen molar-refractivity contribution in [3.63, 3.8) is 0 Å². The number of amidine groups is 1. The van der Waals surface area contributed by atoms with Crippen molar-refractivity contribution in [2.24, 2.45) is 4.99 Å². The predicted octanol–water partition coefficient (Wildman–Crippen LogP) is 4.35. The van der Waals surface area contributed by atoms with Crippen molar-refractivity contribution in [1.29, 1.82) is 0 Å². The van der Waals surface area contributed by atoms with Gasteiger partial charge in [-0.2, -0.15) is 0 Å². The molecule has 0 aliphatic carbocycles. The predicted molar refractivity (Wildman–Crippen MR) is 102 cm³/mol. The highest BCUT2D eigenvalue weighted by Crippen LogP contribution is 2.35. The maximum Gasteiger partial charge on any atom is 0.237 e. The fourth-order valence-electron chi connectivity index (χ4n) is 2.37. The third kappa shape index (κ3) is 3.36. The molecule has 2 aromatic rings. The Morgan fingerprint density at radius 3 is 2.58 bits per heavy atom. The van der Waals surface area contributed by atoms with E-state index in [0.717, 1.165) is 27.8 Å². The number of hydrogen-bond acceptors (Lipinski definition) is 4. The van der Waals surface area contributed by atoms with Crippen LogP contribution in [-0.2, 0) is 4.79 Å². The SMILES string of the molecule is C=C1c2ccccc2N=C(S[C@H](C)C(=O)Nc2ccccc2)N1C. The molecule has 5 heteroatoms. The fourth-order valence-corrected chi connectivity index (χ4v) is 3.27. The van der Waals surface area contributed by atoms with Gasteiger partial charge in [-0.05, 0) is 25.1 Å². The molecule has 4 nitrogen and oxygen atoms in total. The van der Waals surface area contributed by atoms with E-state index in [1.165, 1.54) is 11.8 Å². The van der Waals surface area contributed by atoms with Crippen LogP contribution in [0.1, 0.15) is 12.5 Å². The zero-order valence-corrected chi connectivity index (χ0v) is 14.5. The summed E-state index contributed by atoms with van der Waals surface area (Å²) in [6.07, 6.45) is 0. The summed E-state index contributed by atoms with van der Waals surface area (Å²) >= 11 is 1.43. The number of nitrogens with one attached hydrogen (secondary N) is 1. The molecular weight excluding hydrogens is 318 g/mol. The molecule has 122 valence electrons. The minimum Gasteiger partial charge on any atom is -0.325 e. The van der Waals surface area contributed by atoms with Crippen molar-refractivity contribution in [2.45, 2.75) is 12.2 Å². The molecule has 2 aromatic carbocycles. The Bertz CT molecular complexity index is 801. The second-order valence-electron chi connectivity index (χ2n) is 5.53. The first-order valence-electron chi connectivity index (χ1n) is 7.69. The number of aliphatic imine (C=N–C) groups is 1. The lowest BCUT2D eigenvalue weighted by Gasteiger charge is -2.29. The fraction of sp³-hybridized carbons (Fsp3) is 0.158. The van der Waals surface area contributed by atoms with Crippen molar-refractivity contribution in [2.75, 3.05) is 12.4 Å². The molecule has 0 spiro atoms. The van der Waals surface area contributed by atoms with E-state index in [4.69, 9.17) is 0 Å². The Hall–Kier alpha value is -2.53. The molecule has 0 aromatic heterocycles. The van der Waals surface area contributed by atoms with Crippen LogP contribution in [0.5, 0.6) is 0 Å². The number of thioether (sulfide) groups is 1. The summed E-state index contributed by atoms with van der Waals surface area (Å²) in [6, 6.07) is 17.3. The van der Waals surface area contributed by atoms with Crippen LogP contribution in [0.4, 0.5) is 11.4 Å². The summed E-state index contributed by atoms with van der Waals surface area (Å²) < 4.78 is 0. The van der Waals surface area contributed by atoms with Crippen molar-refractivity contribution in [3.05, 3.63) is 66.7 Å². The molecule has 0 radical (unpaired) electrons. The highest BCUT2D eigenvalue weighted by Gasteiger charge is 2.24. The van der Waals surface area contributed by atoms with E-state index in [1.54, 1.807) is 0 Å². The number of para-hydroxylation sites is 2. The van der Waals surface area contributed by atoms with Gasteiger partial charge in [0.25, 0.3) is 0 Å². The lowest BCUT2D eigenvalue weighted by molar-refractivity contribution is -0.115. The van der Waals surface area contributed by atoms with Crippen LogP contribution < -0.4 is 5.32 Å². The minimum atomic E-state index is -0.274. The number of carbonyl (C=O) groups excluding carboxylic acids is 1. The Morgan fingerprint density at radius 2 is 1.83 bits per heavy atom. The summed E-state index contributed by atoms with van der Waals surface area (Å²) in [5.41, 5.74) is 3.59. The summed E-state index contributed by atoms with van der Waals surface area (Å²) in [6.45, 7) is 6.02. The lowest BCUT2D eigenvalue weighted by Crippen LogP contribution is -2.30. The van der Waals surface area contributed by atoms with Gasteiger partial charge in [-0.1, -0.05) is 54.7 Å². The number of hydrogen-bond donors (Lipinski definition) is 1.